The largest absolute Gasteiger partial charge is 0.377 e. The van der Waals surface area contributed by atoms with Crippen molar-refractivity contribution < 1.29 is 18.7 Å². The molecule has 8 heteroatoms. The third-order valence-corrected chi connectivity index (χ3v) is 7.04. The molecule has 2 atom stereocenters. The standard InChI is InChI=1S/C26H29FN4O3/c1-15-11-28-24(30-26(33)18-5-3-4-17(7-18)6-16(2)32)10-21(15)19-8-22(27)25-23(9-19)31(14-29-25)20-12-34-13-20/h8-11,14,17-18,20H,3-7,12-13H2,1-2H3,(H,28,30,33)/t17-,18-/m0/s1. The number of ketones is 1. The van der Waals surface area contributed by atoms with E-state index >= 15 is 0 Å². The summed E-state index contributed by atoms with van der Waals surface area (Å²) >= 11 is 0. The summed E-state index contributed by atoms with van der Waals surface area (Å²) < 4.78 is 22.2. The van der Waals surface area contributed by atoms with Gasteiger partial charge in [0.2, 0.25) is 5.91 Å². The van der Waals surface area contributed by atoms with Crippen LogP contribution in [0.15, 0.2) is 30.7 Å². The van der Waals surface area contributed by atoms with Gasteiger partial charge in [-0.1, -0.05) is 6.42 Å². The molecule has 178 valence electrons. The lowest BCUT2D eigenvalue weighted by molar-refractivity contribution is -0.123. The number of carbonyl (C=O) groups excluding carboxylic acids is 2. The molecule has 3 heterocycles. The zero-order valence-corrected chi connectivity index (χ0v) is 19.5. The first-order valence-corrected chi connectivity index (χ1v) is 11.9. The molecule has 1 saturated heterocycles. The van der Waals surface area contributed by atoms with Crippen molar-refractivity contribution in [1.82, 2.24) is 14.5 Å². The highest BCUT2D eigenvalue weighted by atomic mass is 19.1. The first kappa shape index (κ1) is 22.7. The van der Waals surface area contributed by atoms with Gasteiger partial charge in [0.15, 0.2) is 5.82 Å². The molecule has 7 nitrogen and oxygen atoms in total. The first-order valence-electron chi connectivity index (χ1n) is 11.9. The monoisotopic (exact) mass is 464 g/mol. The van der Waals surface area contributed by atoms with Crippen LogP contribution >= 0.6 is 0 Å². The number of anilines is 1. The van der Waals surface area contributed by atoms with Crippen molar-refractivity contribution >= 4 is 28.5 Å². The number of hydrogen-bond acceptors (Lipinski definition) is 5. The Morgan fingerprint density at radius 1 is 1.21 bits per heavy atom. The Morgan fingerprint density at radius 2 is 2.03 bits per heavy atom. The molecular weight excluding hydrogens is 435 g/mol. The highest BCUT2D eigenvalue weighted by Gasteiger charge is 2.28. The molecule has 0 spiro atoms. The van der Waals surface area contributed by atoms with Gasteiger partial charge in [0, 0.05) is 18.5 Å². The van der Waals surface area contributed by atoms with Crippen molar-refractivity contribution in [3.05, 3.63) is 42.1 Å². The fourth-order valence-corrected chi connectivity index (χ4v) is 5.17. The minimum Gasteiger partial charge on any atom is -0.377 e. The molecule has 3 aromatic rings. The second-order valence-electron chi connectivity index (χ2n) is 9.68. The number of rotatable bonds is 6. The molecule has 0 bridgehead atoms. The van der Waals surface area contributed by atoms with E-state index in [2.05, 4.69) is 15.3 Å². The summed E-state index contributed by atoms with van der Waals surface area (Å²) in [5, 5.41) is 2.95. The number of ether oxygens (including phenoxy) is 1. The first-order chi connectivity index (χ1) is 16.4. The average Bonchev–Trinajstić information content (AvgIpc) is 3.17. The molecule has 5 rings (SSSR count). The summed E-state index contributed by atoms with van der Waals surface area (Å²) in [7, 11) is 0. The predicted octanol–water partition coefficient (Wildman–Crippen LogP) is 4.84. The number of benzene rings is 1. The number of imidazole rings is 1. The van der Waals surface area contributed by atoms with E-state index in [4.69, 9.17) is 4.74 Å². The number of pyridine rings is 1. The van der Waals surface area contributed by atoms with E-state index in [-0.39, 0.29) is 35.4 Å². The number of fused-ring (bicyclic) bond motifs is 1. The van der Waals surface area contributed by atoms with Crippen LogP contribution in [0, 0.1) is 24.6 Å². The molecule has 1 aliphatic carbocycles. The molecule has 0 unspecified atom stereocenters. The van der Waals surface area contributed by atoms with Crippen LogP contribution in [0.4, 0.5) is 10.2 Å². The molecular formula is C26H29FN4O3. The van der Waals surface area contributed by atoms with E-state index in [1.54, 1.807) is 25.5 Å². The molecule has 1 aromatic carbocycles. The average molecular weight is 465 g/mol. The molecule has 2 fully saturated rings. The van der Waals surface area contributed by atoms with Crippen molar-refractivity contribution in [2.75, 3.05) is 18.5 Å². The Kier molecular flexibility index (Phi) is 6.16. The molecule has 1 amide bonds. The number of aromatic nitrogens is 3. The number of nitrogens with one attached hydrogen (secondary N) is 1. The van der Waals surface area contributed by atoms with Crippen LogP contribution in [0.1, 0.15) is 50.6 Å². The number of aryl methyl sites for hydroxylation is 1. The molecule has 2 aromatic heterocycles. The fourth-order valence-electron chi connectivity index (χ4n) is 5.17. The van der Waals surface area contributed by atoms with Gasteiger partial charge in [-0.25, -0.2) is 14.4 Å². The van der Waals surface area contributed by atoms with E-state index in [0.717, 1.165) is 42.3 Å². The summed E-state index contributed by atoms with van der Waals surface area (Å²) in [5.74, 6) is 0.306. The fraction of sp³-hybridized carbons (Fsp3) is 0.462. The number of carbonyl (C=O) groups is 2. The number of amides is 1. The van der Waals surface area contributed by atoms with Crippen LogP contribution in [0.5, 0.6) is 0 Å². The summed E-state index contributed by atoms with van der Waals surface area (Å²) in [5.41, 5.74) is 3.47. The summed E-state index contributed by atoms with van der Waals surface area (Å²) in [6.45, 7) is 4.71. The van der Waals surface area contributed by atoms with E-state index in [0.29, 0.717) is 36.5 Å². The Morgan fingerprint density at radius 3 is 2.76 bits per heavy atom. The molecule has 0 radical (unpaired) electrons. The minimum atomic E-state index is -0.382. The maximum Gasteiger partial charge on any atom is 0.228 e. The molecule has 34 heavy (non-hydrogen) atoms. The van der Waals surface area contributed by atoms with Crippen molar-refractivity contribution in [3.63, 3.8) is 0 Å². The molecule has 2 aliphatic rings. The normalized spacial score (nSPS) is 20.8. The van der Waals surface area contributed by atoms with E-state index < -0.39 is 0 Å². The lowest BCUT2D eigenvalue weighted by atomic mass is 9.79. The number of Topliss-reactive ketones (excluding diaryl/α,β-unsaturated/α-hetero) is 1. The van der Waals surface area contributed by atoms with Crippen LogP contribution in [-0.4, -0.2) is 39.4 Å². The predicted molar refractivity (Wildman–Crippen MR) is 127 cm³/mol. The maximum absolute atomic E-state index is 14.9. The SMILES string of the molecule is CC(=O)C[C@@H]1CCC[C@H](C(=O)Nc2cc(-c3cc(F)c4ncn(C5COC5)c4c3)c(C)cn2)C1. The number of hydrogen-bond donors (Lipinski definition) is 1. The van der Waals surface area contributed by atoms with Gasteiger partial charge in [0.25, 0.3) is 0 Å². The Labute approximate surface area is 197 Å². The van der Waals surface area contributed by atoms with Crippen LogP contribution < -0.4 is 5.32 Å². The second-order valence-corrected chi connectivity index (χ2v) is 9.68. The molecule has 1 N–H and O–H groups in total. The highest BCUT2D eigenvalue weighted by molar-refractivity contribution is 5.93. The van der Waals surface area contributed by atoms with Gasteiger partial charge in [0.05, 0.1) is 31.1 Å². The van der Waals surface area contributed by atoms with Crippen molar-refractivity contribution in [3.8, 4) is 11.1 Å². The Bertz CT molecular complexity index is 1250. The van der Waals surface area contributed by atoms with Gasteiger partial charge < -0.3 is 19.4 Å². The van der Waals surface area contributed by atoms with Crippen molar-refractivity contribution in [1.29, 1.82) is 0 Å². The number of halogens is 1. The van der Waals surface area contributed by atoms with Gasteiger partial charge in [0.1, 0.15) is 17.1 Å². The van der Waals surface area contributed by atoms with E-state index in [1.807, 2.05) is 17.6 Å². The van der Waals surface area contributed by atoms with Crippen molar-refractivity contribution in [2.24, 2.45) is 11.8 Å². The number of nitrogens with zero attached hydrogens (tertiary/aromatic N) is 3. The Hall–Kier alpha value is -3.13. The third-order valence-electron chi connectivity index (χ3n) is 7.04. The smallest absolute Gasteiger partial charge is 0.228 e. The van der Waals surface area contributed by atoms with Crippen LogP contribution in [0.25, 0.3) is 22.2 Å². The quantitative estimate of drug-likeness (QED) is 0.564. The van der Waals surface area contributed by atoms with E-state index in [1.165, 1.54) is 6.07 Å². The van der Waals surface area contributed by atoms with Gasteiger partial charge in [-0.3, -0.25) is 4.79 Å². The third kappa shape index (κ3) is 4.46. The van der Waals surface area contributed by atoms with Crippen LogP contribution in [-0.2, 0) is 14.3 Å². The zero-order chi connectivity index (χ0) is 23.8. The minimum absolute atomic E-state index is 0.0692. The summed E-state index contributed by atoms with van der Waals surface area (Å²) in [6, 6.07) is 5.39. The second kappa shape index (κ2) is 9.25. The van der Waals surface area contributed by atoms with Gasteiger partial charge in [-0.2, -0.15) is 0 Å². The van der Waals surface area contributed by atoms with Gasteiger partial charge in [-0.05, 0) is 73.9 Å². The van der Waals surface area contributed by atoms with Crippen LogP contribution in [0.3, 0.4) is 0 Å². The van der Waals surface area contributed by atoms with Gasteiger partial charge in [-0.15, -0.1) is 0 Å². The van der Waals surface area contributed by atoms with E-state index in [9.17, 15) is 14.0 Å². The lowest BCUT2D eigenvalue weighted by Crippen LogP contribution is -2.30. The maximum atomic E-state index is 14.9. The topological polar surface area (TPSA) is 86.1 Å². The lowest BCUT2D eigenvalue weighted by Gasteiger charge is -2.28. The molecule has 1 saturated carbocycles. The van der Waals surface area contributed by atoms with Gasteiger partial charge >= 0.3 is 0 Å². The summed E-state index contributed by atoms with van der Waals surface area (Å²) in [4.78, 5) is 33.1. The summed E-state index contributed by atoms with van der Waals surface area (Å²) in [6.07, 6.45) is 7.38. The zero-order valence-electron chi connectivity index (χ0n) is 19.5. The van der Waals surface area contributed by atoms with Crippen molar-refractivity contribution in [2.45, 2.75) is 52.0 Å². The highest BCUT2D eigenvalue weighted by Crippen LogP contribution is 2.34. The van der Waals surface area contributed by atoms with Crippen LogP contribution in [0.2, 0.25) is 0 Å². The Balaban J connectivity index is 1.39. The molecule has 1 aliphatic heterocycles.